The summed E-state index contributed by atoms with van der Waals surface area (Å²) in [5.74, 6) is 0.203. The molecular formula is C18H19ClFNO2. The van der Waals surface area contributed by atoms with Crippen molar-refractivity contribution in [3.8, 4) is 5.75 Å². The van der Waals surface area contributed by atoms with Crippen LogP contribution in [0.2, 0.25) is 5.02 Å². The zero-order chi connectivity index (χ0) is 16.8. The van der Waals surface area contributed by atoms with Crippen molar-refractivity contribution in [2.24, 2.45) is 0 Å². The average Bonchev–Trinajstić information content (AvgIpc) is 2.56. The monoisotopic (exact) mass is 335 g/mol. The molecule has 2 rings (SSSR count). The van der Waals surface area contributed by atoms with Crippen LogP contribution in [0.4, 0.5) is 10.1 Å². The van der Waals surface area contributed by atoms with E-state index < -0.39 is 5.82 Å². The number of halogens is 2. The highest BCUT2D eigenvalue weighted by atomic mass is 35.5. The summed E-state index contributed by atoms with van der Waals surface area (Å²) in [4.78, 5) is 12.0. The first kappa shape index (κ1) is 17.3. The predicted octanol–water partition coefficient (Wildman–Crippen LogP) is 5.01. The maximum Gasteiger partial charge on any atom is 0.262 e. The summed E-state index contributed by atoms with van der Waals surface area (Å²) in [5.41, 5.74) is 1.51. The van der Waals surface area contributed by atoms with E-state index in [0.717, 1.165) is 12.0 Å². The van der Waals surface area contributed by atoms with Gasteiger partial charge in [0.05, 0.1) is 5.02 Å². The van der Waals surface area contributed by atoms with Crippen LogP contribution < -0.4 is 10.1 Å². The van der Waals surface area contributed by atoms with Crippen molar-refractivity contribution in [1.82, 2.24) is 0 Å². The van der Waals surface area contributed by atoms with Crippen LogP contribution in [-0.4, -0.2) is 12.5 Å². The third-order valence-corrected chi connectivity index (χ3v) is 3.91. The predicted molar refractivity (Wildman–Crippen MR) is 90.7 cm³/mol. The van der Waals surface area contributed by atoms with Crippen LogP contribution in [0.25, 0.3) is 0 Å². The molecule has 1 N–H and O–H groups in total. The third-order valence-electron chi connectivity index (χ3n) is 3.62. The Kier molecular flexibility index (Phi) is 5.99. The summed E-state index contributed by atoms with van der Waals surface area (Å²) in [6, 6.07) is 11.7. The average molecular weight is 336 g/mol. The number of para-hydroxylation sites is 1. The van der Waals surface area contributed by atoms with Gasteiger partial charge in [0, 0.05) is 5.69 Å². The van der Waals surface area contributed by atoms with Crippen molar-refractivity contribution in [3.63, 3.8) is 0 Å². The molecule has 5 heteroatoms. The summed E-state index contributed by atoms with van der Waals surface area (Å²) >= 11 is 5.68. The molecule has 2 aromatic rings. The molecule has 3 nitrogen and oxygen atoms in total. The number of benzene rings is 2. The van der Waals surface area contributed by atoms with Crippen molar-refractivity contribution in [3.05, 3.63) is 58.9 Å². The van der Waals surface area contributed by atoms with Crippen LogP contribution in [0, 0.1) is 5.82 Å². The van der Waals surface area contributed by atoms with E-state index in [2.05, 4.69) is 19.2 Å². The van der Waals surface area contributed by atoms with E-state index in [-0.39, 0.29) is 17.5 Å². The van der Waals surface area contributed by atoms with Crippen LogP contribution in [0.5, 0.6) is 5.75 Å². The van der Waals surface area contributed by atoms with Gasteiger partial charge in [-0.15, -0.1) is 0 Å². The maximum atomic E-state index is 13.1. The molecule has 1 amide bonds. The van der Waals surface area contributed by atoms with E-state index >= 15 is 0 Å². The molecular weight excluding hydrogens is 317 g/mol. The molecule has 0 aliphatic heterocycles. The lowest BCUT2D eigenvalue weighted by Crippen LogP contribution is -2.20. The molecule has 0 aromatic heterocycles. The number of rotatable bonds is 6. The molecule has 0 saturated carbocycles. The van der Waals surface area contributed by atoms with Crippen LogP contribution in [-0.2, 0) is 4.79 Å². The number of anilines is 1. The minimum absolute atomic E-state index is 0.0363. The second kappa shape index (κ2) is 7.97. The van der Waals surface area contributed by atoms with Crippen molar-refractivity contribution < 1.29 is 13.9 Å². The Hall–Kier alpha value is -2.07. The van der Waals surface area contributed by atoms with E-state index in [0.29, 0.717) is 17.4 Å². The highest BCUT2D eigenvalue weighted by Gasteiger charge is 2.11. The molecule has 0 spiro atoms. The van der Waals surface area contributed by atoms with E-state index in [4.69, 9.17) is 16.3 Å². The lowest BCUT2D eigenvalue weighted by molar-refractivity contribution is -0.118. The molecule has 0 aliphatic carbocycles. The first-order valence-electron chi connectivity index (χ1n) is 7.48. The normalized spacial score (nSPS) is 11.8. The van der Waals surface area contributed by atoms with Crippen LogP contribution in [0.15, 0.2) is 42.5 Å². The summed E-state index contributed by atoms with van der Waals surface area (Å²) in [5, 5.41) is 2.59. The Morgan fingerprint density at radius 1 is 1.30 bits per heavy atom. The summed E-state index contributed by atoms with van der Waals surface area (Å²) in [6.45, 7) is 4.09. The fraction of sp³-hybridized carbons (Fsp3) is 0.278. The van der Waals surface area contributed by atoms with Gasteiger partial charge in [0.25, 0.3) is 5.91 Å². The Morgan fingerprint density at radius 2 is 2.04 bits per heavy atom. The fourth-order valence-electron chi connectivity index (χ4n) is 2.15. The van der Waals surface area contributed by atoms with E-state index in [1.54, 1.807) is 0 Å². The van der Waals surface area contributed by atoms with Gasteiger partial charge in [-0.05, 0) is 42.2 Å². The zero-order valence-electron chi connectivity index (χ0n) is 13.1. The lowest BCUT2D eigenvalue weighted by atomic mass is 9.98. The van der Waals surface area contributed by atoms with Gasteiger partial charge in [-0.3, -0.25) is 4.79 Å². The number of amides is 1. The van der Waals surface area contributed by atoms with Crippen molar-refractivity contribution >= 4 is 23.2 Å². The quantitative estimate of drug-likeness (QED) is 0.805. The third kappa shape index (κ3) is 4.70. The minimum atomic E-state index is -0.525. The number of ether oxygens (including phenoxy) is 1. The van der Waals surface area contributed by atoms with Crippen LogP contribution in [0.3, 0.4) is 0 Å². The largest absolute Gasteiger partial charge is 0.483 e. The topological polar surface area (TPSA) is 38.3 Å². The zero-order valence-corrected chi connectivity index (χ0v) is 13.9. The molecule has 0 bridgehead atoms. The SMILES string of the molecule is CCC(C)c1ccccc1OCC(=O)Nc1ccc(F)c(Cl)c1. The number of carbonyl (C=O) groups excluding carboxylic acids is 1. The molecule has 0 heterocycles. The molecule has 23 heavy (non-hydrogen) atoms. The Morgan fingerprint density at radius 3 is 2.74 bits per heavy atom. The summed E-state index contributed by atoms with van der Waals surface area (Å²) in [7, 11) is 0. The number of carbonyl (C=O) groups is 1. The minimum Gasteiger partial charge on any atom is -0.483 e. The van der Waals surface area contributed by atoms with Gasteiger partial charge in [-0.2, -0.15) is 0 Å². The molecule has 2 aromatic carbocycles. The number of nitrogens with one attached hydrogen (secondary N) is 1. The van der Waals surface area contributed by atoms with Crippen molar-refractivity contribution in [2.45, 2.75) is 26.2 Å². The first-order chi connectivity index (χ1) is 11.0. The smallest absolute Gasteiger partial charge is 0.262 e. The summed E-state index contributed by atoms with van der Waals surface area (Å²) < 4.78 is 18.7. The van der Waals surface area contributed by atoms with E-state index in [9.17, 15) is 9.18 Å². The molecule has 0 fully saturated rings. The number of hydrogen-bond donors (Lipinski definition) is 1. The standard InChI is InChI=1S/C18H19ClFNO2/c1-3-12(2)14-6-4-5-7-17(14)23-11-18(22)21-13-8-9-16(20)15(19)10-13/h4-10,12H,3,11H2,1-2H3,(H,21,22). The van der Waals surface area contributed by atoms with Gasteiger partial charge in [0.15, 0.2) is 6.61 Å². The fourth-order valence-corrected chi connectivity index (χ4v) is 2.33. The van der Waals surface area contributed by atoms with Crippen LogP contribution in [0.1, 0.15) is 31.7 Å². The molecule has 0 radical (unpaired) electrons. The second-order valence-electron chi connectivity index (χ2n) is 5.31. The van der Waals surface area contributed by atoms with E-state index in [1.165, 1.54) is 18.2 Å². The van der Waals surface area contributed by atoms with E-state index in [1.807, 2.05) is 24.3 Å². The summed E-state index contributed by atoms with van der Waals surface area (Å²) in [6.07, 6.45) is 0.987. The highest BCUT2D eigenvalue weighted by molar-refractivity contribution is 6.31. The van der Waals surface area contributed by atoms with Gasteiger partial charge in [0.2, 0.25) is 0 Å². The second-order valence-corrected chi connectivity index (χ2v) is 5.72. The lowest BCUT2D eigenvalue weighted by Gasteiger charge is -2.15. The van der Waals surface area contributed by atoms with Gasteiger partial charge in [-0.25, -0.2) is 4.39 Å². The number of hydrogen-bond acceptors (Lipinski definition) is 2. The highest BCUT2D eigenvalue weighted by Crippen LogP contribution is 2.28. The van der Waals surface area contributed by atoms with Crippen molar-refractivity contribution in [1.29, 1.82) is 0 Å². The van der Waals surface area contributed by atoms with Gasteiger partial charge >= 0.3 is 0 Å². The Labute approximate surface area is 140 Å². The molecule has 0 aliphatic rings. The first-order valence-corrected chi connectivity index (χ1v) is 7.85. The Bertz CT molecular complexity index is 690. The molecule has 1 atom stereocenters. The van der Waals surface area contributed by atoms with Crippen LogP contribution >= 0.6 is 11.6 Å². The van der Waals surface area contributed by atoms with Gasteiger partial charge in [-0.1, -0.05) is 43.6 Å². The van der Waals surface area contributed by atoms with Gasteiger partial charge < -0.3 is 10.1 Å². The molecule has 1 unspecified atom stereocenters. The molecule has 122 valence electrons. The van der Waals surface area contributed by atoms with Crippen molar-refractivity contribution in [2.75, 3.05) is 11.9 Å². The molecule has 0 saturated heterocycles. The Balaban J connectivity index is 1.98. The maximum absolute atomic E-state index is 13.1. The van der Waals surface area contributed by atoms with Gasteiger partial charge in [0.1, 0.15) is 11.6 Å².